The molecule has 0 radical (unpaired) electrons. The van der Waals surface area contributed by atoms with Gasteiger partial charge in [-0.3, -0.25) is 9.69 Å². The van der Waals surface area contributed by atoms with Gasteiger partial charge in [0.2, 0.25) is 0 Å². The highest BCUT2D eigenvalue weighted by Gasteiger charge is 2.35. The number of hydrogen-bond acceptors (Lipinski definition) is 4. The van der Waals surface area contributed by atoms with E-state index in [-0.39, 0.29) is 34.3 Å². The monoisotopic (exact) mass is 479 g/mol. The fourth-order valence-electron chi connectivity index (χ4n) is 4.41. The smallest absolute Gasteiger partial charge is 0.311 e. The summed E-state index contributed by atoms with van der Waals surface area (Å²) in [5.41, 5.74) is 1.18. The summed E-state index contributed by atoms with van der Waals surface area (Å²) in [6, 6.07) is 18.3. The van der Waals surface area contributed by atoms with Gasteiger partial charge in [0, 0.05) is 36.1 Å². The minimum absolute atomic E-state index is 0.0968. The van der Waals surface area contributed by atoms with Gasteiger partial charge in [0.25, 0.3) is 5.92 Å². The maximum absolute atomic E-state index is 15.0. The van der Waals surface area contributed by atoms with E-state index in [0.717, 1.165) is 5.56 Å². The van der Waals surface area contributed by atoms with Crippen molar-refractivity contribution >= 4 is 16.9 Å². The van der Waals surface area contributed by atoms with Crippen LogP contribution in [-0.4, -0.2) is 30.6 Å². The lowest BCUT2D eigenvalue weighted by atomic mass is 9.98. The van der Waals surface area contributed by atoms with Gasteiger partial charge in [0.05, 0.1) is 18.1 Å². The Morgan fingerprint density at radius 3 is 2.51 bits per heavy atom. The normalized spacial score (nSPS) is 14.7. The SMILES string of the molecule is CCOC(=O)C1CN(Cc2ccc(-c3cc4cc(C(F)(F)c5ccccc5)ccc4o3)c(F)c2)C1. The van der Waals surface area contributed by atoms with Crippen molar-refractivity contribution in [2.45, 2.75) is 19.4 Å². The number of nitrogens with zero attached hydrogens (tertiary/aromatic N) is 1. The van der Waals surface area contributed by atoms with E-state index >= 15 is 0 Å². The molecule has 0 N–H and O–H groups in total. The predicted octanol–water partition coefficient (Wildman–Crippen LogP) is 6.37. The van der Waals surface area contributed by atoms with E-state index < -0.39 is 11.7 Å². The second kappa shape index (κ2) is 9.23. The summed E-state index contributed by atoms with van der Waals surface area (Å²) in [5, 5.41) is 0.474. The van der Waals surface area contributed by atoms with Crippen LogP contribution in [0.15, 0.2) is 77.2 Å². The number of benzene rings is 3. The number of esters is 1. The number of rotatable bonds is 7. The van der Waals surface area contributed by atoms with Crippen LogP contribution in [0, 0.1) is 11.7 Å². The first-order valence-electron chi connectivity index (χ1n) is 11.5. The van der Waals surface area contributed by atoms with E-state index in [1.54, 1.807) is 43.3 Å². The van der Waals surface area contributed by atoms with Crippen LogP contribution < -0.4 is 0 Å². The third-order valence-corrected chi connectivity index (χ3v) is 6.30. The van der Waals surface area contributed by atoms with Crippen LogP contribution in [-0.2, 0) is 22.0 Å². The first-order chi connectivity index (χ1) is 16.8. The molecule has 1 aromatic heterocycles. The molecule has 1 aliphatic rings. The van der Waals surface area contributed by atoms with E-state index in [1.807, 2.05) is 4.90 Å². The van der Waals surface area contributed by atoms with E-state index in [0.29, 0.717) is 37.2 Å². The topological polar surface area (TPSA) is 42.7 Å². The highest BCUT2D eigenvalue weighted by atomic mass is 19.3. The van der Waals surface area contributed by atoms with E-state index in [1.165, 1.54) is 36.4 Å². The first-order valence-corrected chi connectivity index (χ1v) is 11.5. The zero-order chi connectivity index (χ0) is 24.6. The van der Waals surface area contributed by atoms with Crippen molar-refractivity contribution in [1.29, 1.82) is 0 Å². The Kier molecular flexibility index (Phi) is 6.11. The molecule has 0 aliphatic carbocycles. The number of alkyl halides is 2. The molecule has 1 fully saturated rings. The van der Waals surface area contributed by atoms with Gasteiger partial charge in [0.15, 0.2) is 0 Å². The van der Waals surface area contributed by atoms with Crippen molar-refractivity contribution < 1.29 is 27.1 Å². The number of ether oxygens (including phenoxy) is 1. The highest BCUT2D eigenvalue weighted by molar-refractivity contribution is 5.84. The number of furan rings is 1. The van der Waals surface area contributed by atoms with Crippen molar-refractivity contribution in [1.82, 2.24) is 4.90 Å². The maximum Gasteiger partial charge on any atom is 0.311 e. The van der Waals surface area contributed by atoms with Crippen molar-refractivity contribution in [3.8, 4) is 11.3 Å². The summed E-state index contributed by atoms with van der Waals surface area (Å²) in [4.78, 5) is 13.8. The molecule has 5 rings (SSSR count). The molecule has 0 unspecified atom stereocenters. The van der Waals surface area contributed by atoms with Gasteiger partial charge in [0.1, 0.15) is 17.2 Å². The Labute approximate surface area is 200 Å². The molecule has 0 atom stereocenters. The van der Waals surface area contributed by atoms with Gasteiger partial charge in [-0.05, 0) is 48.9 Å². The molecule has 35 heavy (non-hydrogen) atoms. The summed E-state index contributed by atoms with van der Waals surface area (Å²) in [5.74, 6) is -3.67. The fourth-order valence-corrected chi connectivity index (χ4v) is 4.41. The average molecular weight is 479 g/mol. The summed E-state index contributed by atoms with van der Waals surface area (Å²) in [7, 11) is 0. The summed E-state index contributed by atoms with van der Waals surface area (Å²) in [6.07, 6.45) is 0. The quantitative estimate of drug-likeness (QED) is 0.289. The second-order valence-corrected chi connectivity index (χ2v) is 8.76. The van der Waals surface area contributed by atoms with E-state index in [9.17, 15) is 18.0 Å². The lowest BCUT2D eigenvalue weighted by molar-refractivity contribution is -0.154. The van der Waals surface area contributed by atoms with Crippen molar-refractivity contribution in [3.63, 3.8) is 0 Å². The molecule has 4 aromatic rings. The lowest BCUT2D eigenvalue weighted by Gasteiger charge is -2.37. The van der Waals surface area contributed by atoms with E-state index in [4.69, 9.17) is 9.15 Å². The van der Waals surface area contributed by atoms with Crippen LogP contribution in [0.1, 0.15) is 23.6 Å². The highest BCUT2D eigenvalue weighted by Crippen LogP contribution is 2.38. The van der Waals surface area contributed by atoms with Crippen LogP contribution in [0.4, 0.5) is 13.2 Å². The molecule has 0 amide bonds. The predicted molar refractivity (Wildman–Crippen MR) is 126 cm³/mol. The van der Waals surface area contributed by atoms with Crippen LogP contribution in [0.2, 0.25) is 0 Å². The van der Waals surface area contributed by atoms with Crippen LogP contribution in [0.5, 0.6) is 0 Å². The Bertz CT molecular complexity index is 1360. The first kappa shape index (κ1) is 23.2. The summed E-state index contributed by atoms with van der Waals surface area (Å²) in [6.45, 7) is 3.83. The van der Waals surface area contributed by atoms with E-state index in [2.05, 4.69) is 0 Å². The standard InChI is InChI=1S/C28H24F3NO3/c1-2-34-27(33)20-16-32(17-20)15-18-8-10-23(24(29)12-18)26-14-19-13-22(9-11-25(19)35-26)28(30,31)21-6-4-3-5-7-21/h3-14,20H,2,15-17H2,1H3. The Hall–Kier alpha value is -3.58. The van der Waals surface area contributed by atoms with Crippen molar-refractivity contribution in [2.24, 2.45) is 5.92 Å². The summed E-state index contributed by atoms with van der Waals surface area (Å²) < 4.78 is 55.7. The van der Waals surface area contributed by atoms with Crippen LogP contribution in [0.3, 0.4) is 0 Å². The molecule has 1 saturated heterocycles. The number of likely N-dealkylation sites (tertiary alicyclic amines) is 1. The molecular formula is C28H24F3NO3. The summed E-state index contributed by atoms with van der Waals surface area (Å²) >= 11 is 0. The molecular weight excluding hydrogens is 455 g/mol. The number of fused-ring (bicyclic) bond motifs is 1. The average Bonchev–Trinajstić information content (AvgIpc) is 3.25. The molecule has 180 valence electrons. The maximum atomic E-state index is 15.0. The Morgan fingerprint density at radius 1 is 1.03 bits per heavy atom. The number of carbonyl (C=O) groups is 1. The third-order valence-electron chi connectivity index (χ3n) is 6.30. The molecule has 7 heteroatoms. The van der Waals surface area contributed by atoms with Gasteiger partial charge >= 0.3 is 5.97 Å². The number of carbonyl (C=O) groups excluding carboxylic acids is 1. The van der Waals surface area contributed by atoms with Crippen molar-refractivity contribution in [2.75, 3.05) is 19.7 Å². The minimum atomic E-state index is -3.16. The fraction of sp³-hybridized carbons (Fsp3) is 0.250. The van der Waals surface area contributed by atoms with Crippen molar-refractivity contribution in [3.05, 3.63) is 95.3 Å². The van der Waals surface area contributed by atoms with Crippen LogP contribution in [0.25, 0.3) is 22.3 Å². The molecule has 2 heterocycles. The molecule has 0 spiro atoms. The van der Waals surface area contributed by atoms with Crippen LogP contribution >= 0.6 is 0 Å². The molecule has 0 bridgehead atoms. The largest absolute Gasteiger partial charge is 0.466 e. The number of halogens is 3. The Balaban J connectivity index is 1.33. The minimum Gasteiger partial charge on any atom is -0.466 e. The second-order valence-electron chi connectivity index (χ2n) is 8.76. The number of hydrogen-bond donors (Lipinski definition) is 0. The lowest BCUT2D eigenvalue weighted by Crippen LogP contribution is -2.50. The molecule has 4 nitrogen and oxygen atoms in total. The zero-order valence-corrected chi connectivity index (χ0v) is 19.1. The molecule has 0 saturated carbocycles. The van der Waals surface area contributed by atoms with Gasteiger partial charge in [-0.2, -0.15) is 8.78 Å². The zero-order valence-electron chi connectivity index (χ0n) is 19.1. The molecule has 1 aliphatic heterocycles. The van der Waals surface area contributed by atoms with Gasteiger partial charge in [-0.25, -0.2) is 4.39 Å². The van der Waals surface area contributed by atoms with Gasteiger partial charge in [-0.15, -0.1) is 0 Å². The van der Waals surface area contributed by atoms with Gasteiger partial charge in [-0.1, -0.05) is 36.4 Å². The molecule has 3 aromatic carbocycles. The Morgan fingerprint density at radius 2 is 1.80 bits per heavy atom. The van der Waals surface area contributed by atoms with Gasteiger partial charge < -0.3 is 9.15 Å². The third kappa shape index (κ3) is 4.56.